The summed E-state index contributed by atoms with van der Waals surface area (Å²) in [6.45, 7) is 6.66. The molecule has 2 N–H and O–H groups in total. The minimum atomic E-state index is -0.923. The van der Waals surface area contributed by atoms with Crippen molar-refractivity contribution >= 4 is 11.8 Å². The van der Waals surface area contributed by atoms with Crippen LogP contribution in [0.5, 0.6) is 0 Å². The Kier molecular flexibility index (Phi) is 6.76. The van der Waals surface area contributed by atoms with Crippen molar-refractivity contribution < 1.29 is 9.59 Å². The highest BCUT2D eigenvalue weighted by molar-refractivity contribution is 5.93. The first-order valence-corrected chi connectivity index (χ1v) is 10.8. The first kappa shape index (κ1) is 20.8. The Morgan fingerprint density at radius 2 is 1.75 bits per heavy atom. The molecule has 28 heavy (non-hydrogen) atoms. The molecule has 1 saturated heterocycles. The average Bonchev–Trinajstić information content (AvgIpc) is 3.24. The largest absolute Gasteiger partial charge is 0.351 e. The molecule has 3 rings (SSSR count). The van der Waals surface area contributed by atoms with E-state index in [1.165, 1.54) is 19.3 Å². The predicted molar refractivity (Wildman–Crippen MR) is 112 cm³/mol. The summed E-state index contributed by atoms with van der Waals surface area (Å²) >= 11 is 0. The summed E-state index contributed by atoms with van der Waals surface area (Å²) < 4.78 is 0. The Morgan fingerprint density at radius 3 is 2.36 bits per heavy atom. The summed E-state index contributed by atoms with van der Waals surface area (Å²) in [6.07, 6.45) is 7.48. The zero-order chi connectivity index (χ0) is 20.1. The minimum absolute atomic E-state index is 0.0256. The number of benzene rings is 1. The lowest BCUT2D eigenvalue weighted by molar-refractivity contribution is -0.150. The zero-order valence-electron chi connectivity index (χ0n) is 17.5. The predicted octanol–water partition coefficient (Wildman–Crippen LogP) is 3.56. The summed E-state index contributed by atoms with van der Waals surface area (Å²) in [5.74, 6) is -0.0221. The molecule has 1 aliphatic carbocycles. The molecule has 2 aliphatic rings. The molecule has 2 atom stereocenters. The van der Waals surface area contributed by atoms with Crippen LogP contribution in [0.2, 0.25) is 0 Å². The molecule has 2 amide bonds. The molecule has 2 fully saturated rings. The molecule has 1 saturated carbocycles. The van der Waals surface area contributed by atoms with Crippen molar-refractivity contribution in [2.75, 3.05) is 6.54 Å². The lowest BCUT2D eigenvalue weighted by Crippen LogP contribution is -2.61. The van der Waals surface area contributed by atoms with E-state index in [0.29, 0.717) is 0 Å². The number of carbonyl (C=O) groups excluding carboxylic acids is 2. The number of nitrogens with one attached hydrogen (secondary N) is 2. The van der Waals surface area contributed by atoms with Gasteiger partial charge >= 0.3 is 0 Å². The lowest BCUT2D eigenvalue weighted by Gasteiger charge is -2.43. The van der Waals surface area contributed by atoms with Crippen molar-refractivity contribution in [1.82, 2.24) is 15.5 Å². The summed E-state index contributed by atoms with van der Waals surface area (Å²) in [7, 11) is 0. The van der Waals surface area contributed by atoms with Crippen LogP contribution in [0.4, 0.5) is 0 Å². The van der Waals surface area contributed by atoms with Gasteiger partial charge < -0.3 is 15.5 Å². The highest BCUT2D eigenvalue weighted by Gasteiger charge is 2.44. The van der Waals surface area contributed by atoms with E-state index in [0.717, 1.165) is 37.8 Å². The first-order chi connectivity index (χ1) is 13.4. The number of rotatable bonds is 6. The van der Waals surface area contributed by atoms with Crippen molar-refractivity contribution in [3.8, 4) is 0 Å². The van der Waals surface area contributed by atoms with Crippen LogP contribution in [0, 0.1) is 0 Å². The van der Waals surface area contributed by atoms with Crippen LogP contribution in [-0.4, -0.2) is 40.9 Å². The van der Waals surface area contributed by atoms with Gasteiger partial charge in [0.05, 0.1) is 12.1 Å². The Bertz CT molecular complexity index is 662. The molecule has 5 nitrogen and oxygen atoms in total. The number of hydrogen-bond acceptors (Lipinski definition) is 3. The molecule has 1 heterocycles. The van der Waals surface area contributed by atoms with Crippen LogP contribution < -0.4 is 10.6 Å². The Hall–Kier alpha value is -1.88. The lowest BCUT2D eigenvalue weighted by atomic mass is 9.91. The van der Waals surface area contributed by atoms with E-state index in [-0.39, 0.29) is 29.9 Å². The Balaban J connectivity index is 1.85. The van der Waals surface area contributed by atoms with Gasteiger partial charge in [0.25, 0.3) is 0 Å². The summed E-state index contributed by atoms with van der Waals surface area (Å²) in [6, 6.07) is 9.85. The van der Waals surface area contributed by atoms with Crippen LogP contribution in [0.15, 0.2) is 30.3 Å². The van der Waals surface area contributed by atoms with Gasteiger partial charge in [-0.3, -0.25) is 9.59 Å². The first-order valence-electron chi connectivity index (χ1n) is 10.8. The highest BCUT2D eigenvalue weighted by Crippen LogP contribution is 2.31. The van der Waals surface area contributed by atoms with E-state index in [1.807, 2.05) is 56.0 Å². The number of carbonyl (C=O) groups is 2. The van der Waals surface area contributed by atoms with Gasteiger partial charge in [-0.2, -0.15) is 0 Å². The van der Waals surface area contributed by atoms with Gasteiger partial charge in [-0.1, -0.05) is 49.6 Å². The molecule has 0 radical (unpaired) electrons. The fourth-order valence-electron chi connectivity index (χ4n) is 4.61. The van der Waals surface area contributed by atoms with Crippen molar-refractivity contribution in [2.45, 2.75) is 89.4 Å². The highest BCUT2D eigenvalue weighted by atomic mass is 16.2. The van der Waals surface area contributed by atoms with Crippen molar-refractivity contribution in [2.24, 2.45) is 0 Å². The van der Waals surface area contributed by atoms with Crippen LogP contribution in [0.1, 0.15) is 77.3 Å². The molecule has 1 aromatic carbocycles. The summed E-state index contributed by atoms with van der Waals surface area (Å²) in [4.78, 5) is 28.6. The average molecular weight is 386 g/mol. The van der Waals surface area contributed by atoms with Gasteiger partial charge in [-0.15, -0.1) is 0 Å². The molecular weight excluding hydrogens is 350 g/mol. The van der Waals surface area contributed by atoms with Crippen LogP contribution >= 0.6 is 0 Å². The Morgan fingerprint density at radius 1 is 1.07 bits per heavy atom. The monoisotopic (exact) mass is 385 g/mol. The van der Waals surface area contributed by atoms with E-state index in [9.17, 15) is 9.59 Å². The maximum atomic E-state index is 13.5. The molecule has 5 heteroatoms. The van der Waals surface area contributed by atoms with Crippen molar-refractivity contribution in [3.63, 3.8) is 0 Å². The molecule has 0 spiro atoms. The second-order valence-electron chi connectivity index (χ2n) is 8.81. The maximum absolute atomic E-state index is 13.5. The molecule has 1 aliphatic heterocycles. The molecule has 154 valence electrons. The van der Waals surface area contributed by atoms with E-state index < -0.39 is 5.54 Å². The number of amides is 2. The quantitative estimate of drug-likeness (QED) is 0.787. The summed E-state index contributed by atoms with van der Waals surface area (Å²) in [5, 5.41) is 6.55. The van der Waals surface area contributed by atoms with Gasteiger partial charge in [-0.25, -0.2) is 0 Å². The van der Waals surface area contributed by atoms with E-state index in [4.69, 9.17) is 0 Å². The normalized spacial score (nSPS) is 21.9. The summed E-state index contributed by atoms with van der Waals surface area (Å²) in [5.41, 5.74) is 0.126. The van der Waals surface area contributed by atoms with E-state index >= 15 is 0 Å². The molecular formula is C23H35N3O2. The van der Waals surface area contributed by atoms with Gasteiger partial charge in [0.1, 0.15) is 5.54 Å². The minimum Gasteiger partial charge on any atom is -0.351 e. The van der Waals surface area contributed by atoms with Crippen molar-refractivity contribution in [3.05, 3.63) is 35.9 Å². The third-order valence-corrected chi connectivity index (χ3v) is 6.36. The number of nitrogens with zero attached hydrogens (tertiary/aromatic N) is 1. The standard InChI is InChI=1S/C23H35N3O2/c1-17(18-11-6-4-7-12-18)26(21(27)20-15-10-16-24-20)23(2,3)22(28)25-19-13-8-5-9-14-19/h4,6-7,11-12,17,19-20,24H,5,8-10,13-16H2,1-3H3,(H,25,28)/t17-,20-/m0/s1. The maximum Gasteiger partial charge on any atom is 0.245 e. The molecule has 0 aromatic heterocycles. The van der Waals surface area contributed by atoms with Crippen LogP contribution in [0.3, 0.4) is 0 Å². The third kappa shape index (κ3) is 4.57. The van der Waals surface area contributed by atoms with Crippen LogP contribution in [-0.2, 0) is 9.59 Å². The topological polar surface area (TPSA) is 61.4 Å². The van der Waals surface area contributed by atoms with E-state index in [2.05, 4.69) is 10.6 Å². The van der Waals surface area contributed by atoms with Gasteiger partial charge in [0.15, 0.2) is 0 Å². The van der Waals surface area contributed by atoms with Gasteiger partial charge in [0.2, 0.25) is 11.8 Å². The second kappa shape index (κ2) is 9.08. The van der Waals surface area contributed by atoms with Gasteiger partial charge in [-0.05, 0) is 58.6 Å². The fraction of sp³-hybridized carbons (Fsp3) is 0.652. The molecule has 1 aromatic rings. The fourth-order valence-corrected chi connectivity index (χ4v) is 4.61. The smallest absolute Gasteiger partial charge is 0.245 e. The molecule has 0 unspecified atom stereocenters. The second-order valence-corrected chi connectivity index (χ2v) is 8.81. The van der Waals surface area contributed by atoms with Crippen LogP contribution in [0.25, 0.3) is 0 Å². The number of hydrogen-bond donors (Lipinski definition) is 2. The third-order valence-electron chi connectivity index (χ3n) is 6.36. The Labute approximate surface area is 169 Å². The van der Waals surface area contributed by atoms with Crippen molar-refractivity contribution in [1.29, 1.82) is 0 Å². The SMILES string of the molecule is C[C@@H](c1ccccc1)N(C(=O)[C@@H]1CCCN1)C(C)(C)C(=O)NC1CCCCC1. The zero-order valence-corrected chi connectivity index (χ0v) is 17.5. The van der Waals surface area contributed by atoms with Gasteiger partial charge in [0, 0.05) is 6.04 Å². The molecule has 0 bridgehead atoms. The van der Waals surface area contributed by atoms with E-state index in [1.54, 1.807) is 0 Å².